The summed E-state index contributed by atoms with van der Waals surface area (Å²) in [7, 11) is 0.819. The van der Waals surface area contributed by atoms with Crippen molar-refractivity contribution >= 4 is 95.3 Å². The van der Waals surface area contributed by atoms with E-state index in [1.807, 2.05) is 0 Å². The molecular formula is C55H51BN2O2. The van der Waals surface area contributed by atoms with E-state index in [1.165, 1.54) is 66.2 Å². The van der Waals surface area contributed by atoms with E-state index in [2.05, 4.69) is 194 Å². The third kappa shape index (κ3) is 5.58. The highest BCUT2D eigenvalue weighted by Gasteiger charge is 2.30. The van der Waals surface area contributed by atoms with Gasteiger partial charge < -0.3 is 18.7 Å². The van der Waals surface area contributed by atoms with Gasteiger partial charge in [0.2, 0.25) is 0 Å². The minimum Gasteiger partial charge on any atom is -0.456 e. The first kappa shape index (κ1) is 36.9. The van der Waals surface area contributed by atoms with Crippen molar-refractivity contribution in [3.05, 3.63) is 138 Å². The number of furan rings is 2. The fourth-order valence-electron chi connectivity index (χ4n) is 9.79. The summed E-state index contributed by atoms with van der Waals surface area (Å²) in [6.45, 7) is 22.8. The Hall–Kier alpha value is -6.20. The average Bonchev–Trinajstić information content (AvgIpc) is 3.86. The van der Waals surface area contributed by atoms with Crippen LogP contribution in [0.25, 0.3) is 82.5 Å². The smallest absolute Gasteiger partial charge is 0.198 e. The number of para-hydroxylation sites is 1. The summed E-state index contributed by atoms with van der Waals surface area (Å²) in [4.78, 5) is 0. The van der Waals surface area contributed by atoms with E-state index in [9.17, 15) is 0 Å². The van der Waals surface area contributed by atoms with Gasteiger partial charge >= 0.3 is 0 Å². The zero-order chi connectivity index (χ0) is 41.6. The van der Waals surface area contributed by atoms with E-state index in [0.29, 0.717) is 0 Å². The van der Waals surface area contributed by atoms with Gasteiger partial charge in [-0.15, -0.1) is 0 Å². The third-order valence-electron chi connectivity index (χ3n) is 13.2. The van der Waals surface area contributed by atoms with Gasteiger partial charge in [-0.2, -0.15) is 0 Å². The normalized spacial score (nSPS) is 13.3. The molecule has 11 rings (SSSR count). The lowest BCUT2D eigenvalue weighted by atomic mass is 9.58. The van der Waals surface area contributed by atoms with Crippen LogP contribution in [-0.4, -0.2) is 11.8 Å². The monoisotopic (exact) mass is 782 g/mol. The summed E-state index contributed by atoms with van der Waals surface area (Å²) in [6.07, 6.45) is 0. The molecule has 3 aromatic heterocycles. The van der Waals surface area contributed by atoms with Crippen molar-refractivity contribution in [2.24, 2.45) is 0 Å². The van der Waals surface area contributed by atoms with E-state index in [-0.39, 0.29) is 16.2 Å². The first-order valence-electron chi connectivity index (χ1n) is 21.5. The van der Waals surface area contributed by atoms with Crippen LogP contribution in [0.5, 0.6) is 0 Å². The molecule has 0 amide bonds. The maximum atomic E-state index is 6.74. The molecule has 60 heavy (non-hydrogen) atoms. The first-order valence-corrected chi connectivity index (χ1v) is 21.5. The highest BCUT2D eigenvalue weighted by Crippen LogP contribution is 2.45. The number of rotatable bonds is 3. The minimum atomic E-state index is 0.0110. The molecule has 4 heterocycles. The molecule has 0 aliphatic carbocycles. The number of hydrogen-bond donors (Lipinski definition) is 1. The number of hydrogen-bond acceptors (Lipinski definition) is 3. The molecule has 4 nitrogen and oxygen atoms in total. The number of anilines is 2. The predicted molar refractivity (Wildman–Crippen MR) is 258 cm³/mol. The van der Waals surface area contributed by atoms with Crippen LogP contribution in [0.15, 0.2) is 124 Å². The standard InChI is InChI=1S/C55H51BN2O2/c1-30-23-40(37-26-38-36-21-17-33(55(8,9)10)25-47(36)60-48(38)28-43(37)57-34-19-15-31(16-20-34)53(2,3)4)51-52-50(30)41-27-39-35-13-11-12-14-46(35)59-49(39)29-45(41)58(52)44-22-18-32(54(5,6)7)24-42(44)56-51/h11-29,56-57H,1-10H3. The molecule has 0 bridgehead atoms. The van der Waals surface area contributed by atoms with E-state index in [4.69, 9.17) is 8.83 Å². The molecule has 0 radical (unpaired) electrons. The Morgan fingerprint density at radius 2 is 1.13 bits per heavy atom. The van der Waals surface area contributed by atoms with Crippen molar-refractivity contribution in [1.29, 1.82) is 0 Å². The lowest BCUT2D eigenvalue weighted by Gasteiger charge is -2.27. The summed E-state index contributed by atoms with van der Waals surface area (Å²) < 4.78 is 15.8. The summed E-state index contributed by atoms with van der Waals surface area (Å²) in [6, 6.07) is 42.9. The second-order valence-electron chi connectivity index (χ2n) is 20.4. The lowest BCUT2D eigenvalue weighted by molar-refractivity contribution is 0.587. The SMILES string of the molecule is Cc1cc(-c2cc3c(cc2Nc2ccc(C(C)(C)C)cc2)oc2cc(C(C)(C)C)ccc23)c2c3c1c1cc4c(cc1n3-c1ccc(C(C)(C)C)cc1B2)oc1ccccc14. The van der Waals surface area contributed by atoms with Gasteiger partial charge in [-0.25, -0.2) is 0 Å². The van der Waals surface area contributed by atoms with Crippen molar-refractivity contribution in [3.63, 3.8) is 0 Å². The minimum absolute atomic E-state index is 0.0110. The van der Waals surface area contributed by atoms with Gasteiger partial charge in [0, 0.05) is 66.9 Å². The van der Waals surface area contributed by atoms with Gasteiger partial charge in [-0.05, 0) is 98.9 Å². The number of nitrogens with one attached hydrogen (secondary N) is 1. The van der Waals surface area contributed by atoms with Crippen molar-refractivity contribution in [1.82, 2.24) is 4.57 Å². The average molecular weight is 783 g/mol. The quantitative estimate of drug-likeness (QED) is 0.182. The molecule has 7 aromatic carbocycles. The van der Waals surface area contributed by atoms with Crippen LogP contribution >= 0.6 is 0 Å². The van der Waals surface area contributed by atoms with Gasteiger partial charge in [-0.1, -0.05) is 128 Å². The second kappa shape index (κ2) is 12.4. The van der Waals surface area contributed by atoms with Crippen molar-refractivity contribution < 1.29 is 8.83 Å². The van der Waals surface area contributed by atoms with E-state index < -0.39 is 0 Å². The fourth-order valence-corrected chi connectivity index (χ4v) is 9.79. The Kier molecular flexibility index (Phi) is 7.63. The van der Waals surface area contributed by atoms with Crippen LogP contribution < -0.4 is 16.2 Å². The molecule has 1 aliphatic heterocycles. The largest absolute Gasteiger partial charge is 0.456 e. The third-order valence-corrected chi connectivity index (χ3v) is 13.2. The van der Waals surface area contributed by atoms with Crippen molar-refractivity contribution in [3.8, 4) is 16.8 Å². The Labute approximate surface area is 352 Å². The van der Waals surface area contributed by atoms with Gasteiger partial charge in [0.1, 0.15) is 22.3 Å². The molecular weight excluding hydrogens is 731 g/mol. The Bertz CT molecular complexity index is 3430. The molecule has 0 spiro atoms. The van der Waals surface area contributed by atoms with Crippen LogP contribution in [0.2, 0.25) is 0 Å². The van der Waals surface area contributed by atoms with E-state index in [0.717, 1.165) is 68.1 Å². The molecule has 1 aliphatic rings. The van der Waals surface area contributed by atoms with Gasteiger partial charge in [0.25, 0.3) is 0 Å². The van der Waals surface area contributed by atoms with Gasteiger partial charge in [0.15, 0.2) is 7.28 Å². The molecule has 10 aromatic rings. The topological polar surface area (TPSA) is 43.2 Å². The zero-order valence-corrected chi connectivity index (χ0v) is 36.4. The maximum Gasteiger partial charge on any atom is 0.198 e. The maximum absolute atomic E-state index is 6.74. The fraction of sp³-hybridized carbons (Fsp3) is 0.236. The summed E-state index contributed by atoms with van der Waals surface area (Å²) in [5.41, 5.74) is 19.7. The van der Waals surface area contributed by atoms with Gasteiger partial charge in [0.05, 0.1) is 11.2 Å². The second-order valence-corrected chi connectivity index (χ2v) is 20.4. The van der Waals surface area contributed by atoms with Crippen molar-refractivity contribution in [2.45, 2.75) is 85.5 Å². The molecule has 296 valence electrons. The molecule has 0 atom stereocenters. The zero-order valence-electron chi connectivity index (χ0n) is 36.4. The molecule has 5 heteroatoms. The molecule has 0 saturated carbocycles. The number of aromatic nitrogens is 1. The molecule has 1 N–H and O–H groups in total. The van der Waals surface area contributed by atoms with Crippen LogP contribution in [0.4, 0.5) is 11.4 Å². The number of aryl methyl sites for hydroxylation is 1. The molecule has 0 saturated heterocycles. The Morgan fingerprint density at radius 1 is 0.517 bits per heavy atom. The first-order chi connectivity index (χ1) is 28.5. The van der Waals surface area contributed by atoms with Crippen molar-refractivity contribution in [2.75, 3.05) is 5.32 Å². The number of benzene rings is 7. The predicted octanol–water partition coefficient (Wildman–Crippen LogP) is 13.9. The van der Waals surface area contributed by atoms with Crippen LogP contribution in [-0.2, 0) is 16.2 Å². The van der Waals surface area contributed by atoms with Gasteiger partial charge in [-0.3, -0.25) is 0 Å². The summed E-state index contributed by atoms with van der Waals surface area (Å²) >= 11 is 0. The Morgan fingerprint density at radius 3 is 1.88 bits per heavy atom. The lowest BCUT2D eigenvalue weighted by Crippen LogP contribution is -2.38. The summed E-state index contributed by atoms with van der Waals surface area (Å²) in [5, 5.41) is 11.0. The van der Waals surface area contributed by atoms with E-state index >= 15 is 0 Å². The van der Waals surface area contributed by atoms with E-state index in [1.54, 1.807) is 0 Å². The van der Waals surface area contributed by atoms with Crippen LogP contribution in [0.3, 0.4) is 0 Å². The number of fused-ring (bicyclic) bond motifs is 11. The van der Waals surface area contributed by atoms with Crippen LogP contribution in [0.1, 0.15) is 84.6 Å². The summed E-state index contributed by atoms with van der Waals surface area (Å²) in [5.74, 6) is 0. The Balaban J connectivity index is 1.22. The highest BCUT2D eigenvalue weighted by molar-refractivity contribution is 6.73. The van der Waals surface area contributed by atoms with Crippen LogP contribution in [0, 0.1) is 6.92 Å². The molecule has 0 fully saturated rings. The number of nitrogens with zero attached hydrogens (tertiary/aromatic N) is 1. The molecule has 0 unspecified atom stereocenters. The highest BCUT2D eigenvalue weighted by atomic mass is 16.3.